The summed E-state index contributed by atoms with van der Waals surface area (Å²) in [4.78, 5) is 4.34. The maximum atomic E-state index is 10.2. The highest BCUT2D eigenvalue weighted by atomic mass is 35.5. The number of hydrogen-bond acceptors (Lipinski definition) is 2. The zero-order chi connectivity index (χ0) is 15.8. The van der Waals surface area contributed by atoms with Crippen molar-refractivity contribution in [2.75, 3.05) is 0 Å². The lowest BCUT2D eigenvalue weighted by molar-refractivity contribution is 0.473. The van der Waals surface area contributed by atoms with Gasteiger partial charge in [-0.05, 0) is 56.0 Å². The van der Waals surface area contributed by atoms with E-state index in [0.29, 0.717) is 5.02 Å². The maximum absolute atomic E-state index is 10.2. The van der Waals surface area contributed by atoms with Gasteiger partial charge in [0.25, 0.3) is 0 Å². The van der Waals surface area contributed by atoms with Crippen molar-refractivity contribution >= 4 is 23.4 Å². The SMILES string of the molecule is CCCC=N/C=C(C)/C(=C(/C)CC)c1ccc(Cl)cc1O. The van der Waals surface area contributed by atoms with E-state index in [4.69, 9.17) is 11.6 Å². The van der Waals surface area contributed by atoms with Crippen LogP contribution in [-0.2, 0) is 0 Å². The van der Waals surface area contributed by atoms with Gasteiger partial charge in [0.15, 0.2) is 0 Å². The van der Waals surface area contributed by atoms with Crippen LogP contribution in [0.2, 0.25) is 5.02 Å². The summed E-state index contributed by atoms with van der Waals surface area (Å²) in [5.41, 5.74) is 4.10. The summed E-state index contributed by atoms with van der Waals surface area (Å²) < 4.78 is 0. The Balaban J connectivity index is 3.25. The van der Waals surface area contributed by atoms with E-state index in [-0.39, 0.29) is 5.75 Å². The van der Waals surface area contributed by atoms with Crippen LogP contribution in [-0.4, -0.2) is 11.3 Å². The predicted molar refractivity (Wildman–Crippen MR) is 93.2 cm³/mol. The summed E-state index contributed by atoms with van der Waals surface area (Å²) in [7, 11) is 0. The maximum Gasteiger partial charge on any atom is 0.124 e. The molecule has 0 bridgehead atoms. The van der Waals surface area contributed by atoms with E-state index in [1.165, 1.54) is 5.57 Å². The highest BCUT2D eigenvalue weighted by molar-refractivity contribution is 6.30. The van der Waals surface area contributed by atoms with Crippen LogP contribution in [0.5, 0.6) is 5.75 Å². The smallest absolute Gasteiger partial charge is 0.124 e. The van der Waals surface area contributed by atoms with Gasteiger partial charge in [0.1, 0.15) is 5.75 Å². The molecule has 0 aliphatic carbocycles. The standard InChI is InChI=1S/C18H24ClNO/c1-5-7-10-20-12-14(4)18(13(3)6-2)16-9-8-15(19)11-17(16)21/h8-12,21H,5-7H2,1-4H3/b14-12+,18-13+,20-10?. The Bertz CT molecular complexity index is 571. The fourth-order valence-corrected chi connectivity index (χ4v) is 2.27. The molecule has 3 heteroatoms. The number of nitrogens with zero attached hydrogens (tertiary/aromatic N) is 1. The van der Waals surface area contributed by atoms with Crippen molar-refractivity contribution in [1.82, 2.24) is 0 Å². The van der Waals surface area contributed by atoms with Crippen molar-refractivity contribution in [3.8, 4) is 5.75 Å². The van der Waals surface area contributed by atoms with Gasteiger partial charge in [-0.25, -0.2) is 0 Å². The monoisotopic (exact) mass is 305 g/mol. The lowest BCUT2D eigenvalue weighted by Gasteiger charge is -2.14. The Morgan fingerprint density at radius 2 is 2.00 bits per heavy atom. The van der Waals surface area contributed by atoms with Crippen molar-refractivity contribution in [1.29, 1.82) is 0 Å². The third-order valence-corrected chi connectivity index (χ3v) is 3.61. The van der Waals surface area contributed by atoms with E-state index >= 15 is 0 Å². The van der Waals surface area contributed by atoms with Crippen LogP contribution in [0.3, 0.4) is 0 Å². The third-order valence-electron chi connectivity index (χ3n) is 3.37. The average molecular weight is 306 g/mol. The summed E-state index contributed by atoms with van der Waals surface area (Å²) in [5, 5.41) is 10.7. The Hall–Kier alpha value is -1.54. The quantitative estimate of drug-likeness (QED) is 0.507. The number of halogens is 1. The molecule has 0 aliphatic heterocycles. The number of aromatic hydroxyl groups is 1. The fraction of sp³-hybridized carbons (Fsp3) is 0.389. The Morgan fingerprint density at radius 1 is 1.29 bits per heavy atom. The largest absolute Gasteiger partial charge is 0.507 e. The normalized spacial score (nSPS) is 13.7. The van der Waals surface area contributed by atoms with Gasteiger partial charge in [0, 0.05) is 23.0 Å². The van der Waals surface area contributed by atoms with Gasteiger partial charge in [0.05, 0.1) is 0 Å². The molecule has 0 heterocycles. The fourth-order valence-electron chi connectivity index (χ4n) is 2.10. The van der Waals surface area contributed by atoms with Crippen LogP contribution in [0.4, 0.5) is 0 Å². The number of aliphatic imine (C=N–C) groups is 1. The van der Waals surface area contributed by atoms with Crippen molar-refractivity contribution in [2.24, 2.45) is 4.99 Å². The summed E-state index contributed by atoms with van der Waals surface area (Å²) in [6.45, 7) is 8.33. The first-order valence-corrected chi connectivity index (χ1v) is 7.76. The first-order valence-electron chi connectivity index (χ1n) is 7.38. The summed E-state index contributed by atoms with van der Waals surface area (Å²) in [6.07, 6.45) is 6.76. The molecule has 114 valence electrons. The van der Waals surface area contributed by atoms with Gasteiger partial charge in [-0.1, -0.05) is 37.4 Å². The van der Waals surface area contributed by atoms with Gasteiger partial charge in [-0.15, -0.1) is 0 Å². The minimum absolute atomic E-state index is 0.204. The molecule has 0 amide bonds. The van der Waals surface area contributed by atoms with Crippen LogP contribution >= 0.6 is 11.6 Å². The van der Waals surface area contributed by atoms with Crippen LogP contribution in [0.1, 0.15) is 52.5 Å². The molecule has 0 radical (unpaired) electrons. The molecule has 0 saturated heterocycles. The van der Waals surface area contributed by atoms with E-state index in [0.717, 1.165) is 36.0 Å². The van der Waals surface area contributed by atoms with Gasteiger partial charge >= 0.3 is 0 Å². The zero-order valence-corrected chi connectivity index (χ0v) is 14.0. The molecular weight excluding hydrogens is 282 g/mol. The highest BCUT2D eigenvalue weighted by Gasteiger charge is 2.12. The molecule has 1 N–H and O–H groups in total. The zero-order valence-electron chi connectivity index (χ0n) is 13.3. The van der Waals surface area contributed by atoms with E-state index in [1.54, 1.807) is 12.1 Å². The Kier molecular flexibility index (Phi) is 7.24. The molecule has 1 rings (SSSR count). The topological polar surface area (TPSA) is 32.6 Å². The molecule has 0 saturated carbocycles. The highest BCUT2D eigenvalue weighted by Crippen LogP contribution is 2.35. The average Bonchev–Trinajstić information content (AvgIpc) is 2.46. The molecule has 0 aromatic heterocycles. The predicted octanol–water partition coefficient (Wildman–Crippen LogP) is 6.00. The van der Waals surface area contributed by atoms with Gasteiger partial charge in [-0.2, -0.15) is 0 Å². The van der Waals surface area contributed by atoms with E-state index < -0.39 is 0 Å². The number of benzene rings is 1. The molecule has 0 atom stereocenters. The van der Waals surface area contributed by atoms with Crippen LogP contribution in [0.25, 0.3) is 5.57 Å². The number of phenolic OH excluding ortho intramolecular Hbond substituents is 1. The Labute approximate surface area is 132 Å². The molecule has 21 heavy (non-hydrogen) atoms. The summed E-state index contributed by atoms with van der Waals surface area (Å²) in [5.74, 6) is 0.204. The minimum Gasteiger partial charge on any atom is -0.507 e. The first kappa shape index (κ1) is 17.5. The molecule has 0 spiro atoms. The van der Waals surface area contributed by atoms with Crippen molar-refractivity contribution in [3.05, 3.63) is 46.1 Å². The van der Waals surface area contributed by atoms with Crippen LogP contribution in [0, 0.1) is 0 Å². The lowest BCUT2D eigenvalue weighted by atomic mass is 9.93. The number of phenols is 1. The molecular formula is C18H24ClNO. The molecule has 1 aromatic carbocycles. The minimum atomic E-state index is 0.204. The molecule has 1 aromatic rings. The molecule has 2 nitrogen and oxygen atoms in total. The second-order valence-corrected chi connectivity index (χ2v) is 5.54. The van der Waals surface area contributed by atoms with Gasteiger partial charge in [-0.3, -0.25) is 4.99 Å². The number of unbranched alkanes of at least 4 members (excludes halogenated alkanes) is 1. The van der Waals surface area contributed by atoms with E-state index in [1.807, 2.05) is 25.4 Å². The summed E-state index contributed by atoms with van der Waals surface area (Å²) >= 11 is 5.92. The van der Waals surface area contributed by atoms with E-state index in [9.17, 15) is 5.11 Å². The third kappa shape index (κ3) is 5.05. The second-order valence-electron chi connectivity index (χ2n) is 5.10. The molecule has 0 fully saturated rings. The van der Waals surface area contributed by atoms with Crippen molar-refractivity contribution in [3.63, 3.8) is 0 Å². The van der Waals surface area contributed by atoms with E-state index in [2.05, 4.69) is 25.8 Å². The van der Waals surface area contributed by atoms with Gasteiger partial charge in [0.2, 0.25) is 0 Å². The van der Waals surface area contributed by atoms with Crippen molar-refractivity contribution < 1.29 is 5.11 Å². The molecule has 0 aliphatic rings. The number of rotatable bonds is 6. The first-order chi connectivity index (χ1) is 10.0. The van der Waals surface area contributed by atoms with Crippen LogP contribution < -0.4 is 0 Å². The van der Waals surface area contributed by atoms with Crippen LogP contribution in [0.15, 0.2) is 40.5 Å². The second kappa shape index (κ2) is 8.68. The number of hydrogen-bond donors (Lipinski definition) is 1. The van der Waals surface area contributed by atoms with Gasteiger partial charge < -0.3 is 5.11 Å². The molecule has 0 unspecified atom stereocenters. The lowest BCUT2D eigenvalue weighted by Crippen LogP contribution is -1.92. The Morgan fingerprint density at radius 3 is 2.57 bits per heavy atom. The summed E-state index contributed by atoms with van der Waals surface area (Å²) in [6, 6.07) is 5.24. The van der Waals surface area contributed by atoms with Crippen molar-refractivity contribution in [2.45, 2.75) is 47.0 Å². The number of allylic oxidation sites excluding steroid dienone is 3.